The Morgan fingerprint density at radius 3 is 2.57 bits per heavy atom. The smallest absolute Gasteiger partial charge is 0.421 e. The first-order valence-corrected chi connectivity index (χ1v) is 9.66. The van der Waals surface area contributed by atoms with Crippen LogP contribution < -0.4 is 15.2 Å². The maximum absolute atomic E-state index is 12.2. The minimum Gasteiger partial charge on any atom is -0.454 e. The molecule has 0 saturated carbocycles. The van der Waals surface area contributed by atoms with Crippen LogP contribution in [0.2, 0.25) is 5.02 Å². The van der Waals surface area contributed by atoms with E-state index in [-0.39, 0.29) is 5.76 Å². The van der Waals surface area contributed by atoms with Gasteiger partial charge in [-0.25, -0.2) is 4.79 Å². The summed E-state index contributed by atoms with van der Waals surface area (Å²) in [7, 11) is 0. The minimum absolute atomic E-state index is 0.296. The van der Waals surface area contributed by atoms with E-state index >= 15 is 0 Å². The van der Waals surface area contributed by atoms with Gasteiger partial charge in [-0.3, -0.25) is 14.4 Å². The fourth-order valence-electron chi connectivity index (χ4n) is 3.76. The summed E-state index contributed by atoms with van der Waals surface area (Å²) in [6, 6.07) is 11.3. The van der Waals surface area contributed by atoms with Gasteiger partial charge < -0.3 is 13.9 Å². The van der Waals surface area contributed by atoms with Crippen molar-refractivity contribution in [1.29, 1.82) is 0 Å². The monoisotopic (exact) mass is 401 g/mol. The Bertz CT molecular complexity index is 1070. The topological polar surface area (TPSA) is 60.1 Å². The lowest BCUT2D eigenvalue weighted by molar-refractivity contribution is 0.102. The second kappa shape index (κ2) is 7.16. The third-order valence-electron chi connectivity index (χ3n) is 5.28. The van der Waals surface area contributed by atoms with Gasteiger partial charge in [0.25, 0.3) is 0 Å². The molecule has 1 saturated heterocycles. The molecular formula is C20H20ClN3O4. The number of piperazine rings is 1. The molecule has 0 spiro atoms. The van der Waals surface area contributed by atoms with Crippen LogP contribution in [0.1, 0.15) is 5.56 Å². The van der Waals surface area contributed by atoms with Gasteiger partial charge >= 0.3 is 5.76 Å². The van der Waals surface area contributed by atoms with Crippen molar-refractivity contribution < 1.29 is 13.9 Å². The molecular weight excluding hydrogens is 382 g/mol. The molecule has 2 aliphatic rings. The van der Waals surface area contributed by atoms with Crippen molar-refractivity contribution in [1.82, 2.24) is 14.4 Å². The molecule has 0 atom stereocenters. The molecule has 0 bridgehead atoms. The highest BCUT2D eigenvalue weighted by Crippen LogP contribution is 2.32. The van der Waals surface area contributed by atoms with Crippen molar-refractivity contribution in [2.24, 2.45) is 0 Å². The fraction of sp³-hybridized carbons (Fsp3) is 0.350. The Hall–Kier alpha value is -2.48. The molecule has 7 nitrogen and oxygen atoms in total. The van der Waals surface area contributed by atoms with Crippen LogP contribution in [0.5, 0.6) is 11.5 Å². The second-order valence-electron chi connectivity index (χ2n) is 7.13. The molecule has 5 rings (SSSR count). The molecule has 2 aromatic carbocycles. The molecule has 1 fully saturated rings. The quantitative estimate of drug-likeness (QED) is 0.670. The number of nitrogens with zero attached hydrogens (tertiary/aromatic N) is 3. The maximum Gasteiger partial charge on any atom is 0.421 e. The highest BCUT2D eigenvalue weighted by molar-refractivity contribution is 6.31. The number of ether oxygens (including phenoxy) is 2. The summed E-state index contributed by atoms with van der Waals surface area (Å²) in [5.41, 5.74) is 2.51. The molecule has 0 radical (unpaired) electrons. The van der Waals surface area contributed by atoms with Crippen molar-refractivity contribution in [3.8, 4) is 11.5 Å². The fourth-order valence-corrected chi connectivity index (χ4v) is 3.92. The minimum atomic E-state index is -0.347. The van der Waals surface area contributed by atoms with Crippen LogP contribution in [0.25, 0.3) is 11.1 Å². The summed E-state index contributed by atoms with van der Waals surface area (Å²) in [6.45, 7) is 5.29. The van der Waals surface area contributed by atoms with Crippen LogP contribution in [0.15, 0.2) is 45.6 Å². The zero-order valence-electron chi connectivity index (χ0n) is 15.3. The van der Waals surface area contributed by atoms with Gasteiger partial charge in [0.15, 0.2) is 17.1 Å². The lowest BCUT2D eigenvalue weighted by atomic mass is 10.1. The first-order valence-electron chi connectivity index (χ1n) is 9.28. The number of rotatable bonds is 4. The number of benzene rings is 2. The van der Waals surface area contributed by atoms with Crippen LogP contribution in [-0.4, -0.2) is 47.3 Å². The van der Waals surface area contributed by atoms with Gasteiger partial charge in [-0.2, -0.15) is 0 Å². The molecule has 146 valence electrons. The van der Waals surface area contributed by atoms with Crippen molar-refractivity contribution in [2.75, 3.05) is 33.0 Å². The van der Waals surface area contributed by atoms with Gasteiger partial charge in [-0.05, 0) is 35.9 Å². The van der Waals surface area contributed by atoms with Crippen LogP contribution in [-0.2, 0) is 13.2 Å². The SMILES string of the molecule is O=c1oc2ccc(Cl)cc2n1CN1CCN(Cc2ccc3c(c2)OCO3)CC1. The zero-order chi connectivity index (χ0) is 19.1. The average Bonchev–Trinajstić information content (AvgIpc) is 3.27. The molecule has 0 unspecified atom stereocenters. The van der Waals surface area contributed by atoms with Crippen LogP contribution in [0, 0.1) is 0 Å². The lowest BCUT2D eigenvalue weighted by Gasteiger charge is -2.34. The average molecular weight is 402 g/mol. The van der Waals surface area contributed by atoms with E-state index in [2.05, 4.69) is 21.9 Å². The van der Waals surface area contributed by atoms with Gasteiger partial charge in [0, 0.05) is 37.7 Å². The summed E-state index contributed by atoms with van der Waals surface area (Å²) in [4.78, 5) is 16.9. The number of hydrogen-bond donors (Lipinski definition) is 0. The summed E-state index contributed by atoms with van der Waals surface area (Å²) in [6.07, 6.45) is 0. The molecule has 28 heavy (non-hydrogen) atoms. The summed E-state index contributed by atoms with van der Waals surface area (Å²) in [5, 5.41) is 0.593. The zero-order valence-corrected chi connectivity index (χ0v) is 16.0. The molecule has 2 aliphatic heterocycles. The van der Waals surface area contributed by atoms with Crippen LogP contribution in [0.3, 0.4) is 0 Å². The molecule has 8 heteroatoms. The Kier molecular flexibility index (Phi) is 4.50. The number of halogens is 1. The lowest BCUT2D eigenvalue weighted by Crippen LogP contribution is -2.47. The Balaban J connectivity index is 1.22. The first kappa shape index (κ1) is 17.6. The van der Waals surface area contributed by atoms with Crippen molar-refractivity contribution >= 4 is 22.7 Å². The molecule has 0 amide bonds. The second-order valence-corrected chi connectivity index (χ2v) is 7.57. The van der Waals surface area contributed by atoms with E-state index in [1.54, 1.807) is 22.8 Å². The first-order chi connectivity index (χ1) is 13.7. The Morgan fingerprint density at radius 1 is 0.929 bits per heavy atom. The number of aromatic nitrogens is 1. The number of fused-ring (bicyclic) bond motifs is 2. The van der Waals surface area contributed by atoms with E-state index in [4.69, 9.17) is 25.5 Å². The standard InChI is InChI=1S/C20H20ClN3O4/c21-15-2-4-17-16(10-15)24(20(25)28-17)12-23-7-5-22(6-8-23)11-14-1-3-18-19(9-14)27-13-26-18/h1-4,9-10H,5-8,11-13H2. The molecule has 0 aliphatic carbocycles. The van der Waals surface area contributed by atoms with E-state index in [0.29, 0.717) is 24.1 Å². The van der Waals surface area contributed by atoms with Gasteiger partial charge in [-0.15, -0.1) is 0 Å². The van der Waals surface area contributed by atoms with Crippen molar-refractivity contribution in [2.45, 2.75) is 13.2 Å². The normalized spacial score (nSPS) is 17.5. The van der Waals surface area contributed by atoms with Crippen molar-refractivity contribution in [3.05, 3.63) is 57.5 Å². The summed E-state index contributed by atoms with van der Waals surface area (Å²) < 4.78 is 17.8. The molecule has 3 aromatic rings. The molecule has 3 heterocycles. The number of oxazole rings is 1. The largest absolute Gasteiger partial charge is 0.454 e. The summed E-state index contributed by atoms with van der Waals surface area (Å²) >= 11 is 6.08. The molecule has 1 aromatic heterocycles. The van der Waals surface area contributed by atoms with Crippen molar-refractivity contribution in [3.63, 3.8) is 0 Å². The van der Waals surface area contributed by atoms with Crippen LogP contribution >= 0.6 is 11.6 Å². The van der Waals surface area contributed by atoms with Crippen LogP contribution in [0.4, 0.5) is 0 Å². The highest BCUT2D eigenvalue weighted by atomic mass is 35.5. The third-order valence-corrected chi connectivity index (χ3v) is 5.51. The van der Waals surface area contributed by atoms with E-state index in [0.717, 1.165) is 49.7 Å². The Labute approximate surface area is 166 Å². The third kappa shape index (κ3) is 3.37. The number of hydrogen-bond acceptors (Lipinski definition) is 6. The van der Waals surface area contributed by atoms with E-state index in [9.17, 15) is 4.79 Å². The predicted octanol–water partition coefficient (Wildman–Crippen LogP) is 2.75. The van der Waals surface area contributed by atoms with Gasteiger partial charge in [0.1, 0.15) is 0 Å². The van der Waals surface area contributed by atoms with E-state index < -0.39 is 0 Å². The predicted molar refractivity (Wildman–Crippen MR) is 105 cm³/mol. The molecule has 0 N–H and O–H groups in total. The van der Waals surface area contributed by atoms with E-state index in [1.807, 2.05) is 6.07 Å². The van der Waals surface area contributed by atoms with E-state index in [1.165, 1.54) is 5.56 Å². The Morgan fingerprint density at radius 2 is 1.71 bits per heavy atom. The van der Waals surface area contributed by atoms with Gasteiger partial charge in [0.2, 0.25) is 6.79 Å². The van der Waals surface area contributed by atoms with Gasteiger partial charge in [-0.1, -0.05) is 17.7 Å². The summed E-state index contributed by atoms with van der Waals surface area (Å²) in [5.74, 6) is 1.28. The highest BCUT2D eigenvalue weighted by Gasteiger charge is 2.20. The maximum atomic E-state index is 12.2. The van der Waals surface area contributed by atoms with Gasteiger partial charge in [0.05, 0.1) is 12.2 Å².